The molecule has 0 radical (unpaired) electrons. The van der Waals surface area contributed by atoms with Crippen LogP contribution in [0.25, 0.3) is 0 Å². The summed E-state index contributed by atoms with van der Waals surface area (Å²) in [5.41, 5.74) is -0.332. The second kappa shape index (κ2) is 8.28. The third-order valence-electron chi connectivity index (χ3n) is 6.16. The number of fused-ring (bicyclic) bond motifs is 1. The van der Waals surface area contributed by atoms with Gasteiger partial charge >= 0.3 is 6.18 Å². The van der Waals surface area contributed by atoms with Crippen molar-refractivity contribution in [2.75, 3.05) is 38.8 Å². The van der Waals surface area contributed by atoms with E-state index in [0.717, 1.165) is 25.1 Å². The van der Waals surface area contributed by atoms with Gasteiger partial charge in [0, 0.05) is 25.8 Å². The largest absolute Gasteiger partial charge is 0.493 e. The van der Waals surface area contributed by atoms with Crippen molar-refractivity contribution in [3.63, 3.8) is 0 Å². The molecule has 4 rings (SSSR count). The van der Waals surface area contributed by atoms with E-state index in [0.29, 0.717) is 48.4 Å². The highest BCUT2D eigenvalue weighted by molar-refractivity contribution is 5.98. The van der Waals surface area contributed by atoms with Crippen molar-refractivity contribution in [3.8, 4) is 11.5 Å². The number of hydrogen-bond donors (Lipinski definition) is 0. The van der Waals surface area contributed by atoms with E-state index in [1.165, 1.54) is 20.3 Å². The number of alkyl halides is 3. The van der Waals surface area contributed by atoms with Gasteiger partial charge in [-0.1, -0.05) is 6.07 Å². The van der Waals surface area contributed by atoms with Crippen LogP contribution < -0.4 is 14.4 Å². The lowest BCUT2D eigenvalue weighted by Gasteiger charge is -2.39. The van der Waals surface area contributed by atoms with Crippen LogP contribution in [0.5, 0.6) is 11.5 Å². The standard InChI is InChI=1S/C22H24F3N3O3/c1-30-18-5-3-4-16(20(18)31-2)21(29)28-11-9-14-8-10-27(13-17(14)28)19-7-6-15(12-26-19)22(23,24)25/h3-7,12,14,17H,8-11,13H2,1-2H3. The van der Waals surface area contributed by atoms with Gasteiger partial charge in [0.2, 0.25) is 0 Å². The zero-order chi connectivity index (χ0) is 22.2. The first-order chi connectivity index (χ1) is 14.8. The highest BCUT2D eigenvalue weighted by Gasteiger charge is 2.42. The van der Waals surface area contributed by atoms with Gasteiger partial charge in [-0.2, -0.15) is 13.2 Å². The SMILES string of the molecule is COc1cccc(C(=O)N2CCC3CCN(c4ccc(C(F)(F)F)cn4)CC32)c1OC. The molecule has 0 N–H and O–H groups in total. The van der Waals surface area contributed by atoms with Crippen LogP contribution in [0.2, 0.25) is 0 Å². The van der Waals surface area contributed by atoms with E-state index in [9.17, 15) is 18.0 Å². The predicted molar refractivity (Wildman–Crippen MR) is 109 cm³/mol. The van der Waals surface area contributed by atoms with E-state index in [2.05, 4.69) is 4.98 Å². The summed E-state index contributed by atoms with van der Waals surface area (Å²) in [6, 6.07) is 7.61. The summed E-state index contributed by atoms with van der Waals surface area (Å²) in [7, 11) is 3.02. The number of benzene rings is 1. The Kier molecular flexibility index (Phi) is 5.68. The quantitative estimate of drug-likeness (QED) is 0.730. The van der Waals surface area contributed by atoms with Gasteiger partial charge in [0.25, 0.3) is 5.91 Å². The number of rotatable bonds is 4. The topological polar surface area (TPSA) is 54.9 Å². The van der Waals surface area contributed by atoms with Crippen molar-refractivity contribution >= 4 is 11.7 Å². The summed E-state index contributed by atoms with van der Waals surface area (Å²) >= 11 is 0. The van der Waals surface area contributed by atoms with Gasteiger partial charge in [0.1, 0.15) is 5.82 Å². The Morgan fingerprint density at radius 1 is 1.10 bits per heavy atom. The number of para-hydroxylation sites is 1. The maximum Gasteiger partial charge on any atom is 0.417 e. The summed E-state index contributed by atoms with van der Waals surface area (Å²) in [6.45, 7) is 1.86. The number of hydrogen-bond acceptors (Lipinski definition) is 5. The minimum absolute atomic E-state index is 0.0405. The van der Waals surface area contributed by atoms with Gasteiger partial charge in [-0.25, -0.2) is 4.98 Å². The summed E-state index contributed by atoms with van der Waals surface area (Å²) in [6.07, 6.45) is -1.80. The molecule has 2 fully saturated rings. The Morgan fingerprint density at radius 2 is 1.87 bits per heavy atom. The lowest BCUT2D eigenvalue weighted by Crippen LogP contribution is -2.50. The van der Waals surface area contributed by atoms with E-state index in [1.54, 1.807) is 18.2 Å². The van der Waals surface area contributed by atoms with Gasteiger partial charge in [0.15, 0.2) is 11.5 Å². The van der Waals surface area contributed by atoms with Crippen LogP contribution in [0.1, 0.15) is 28.8 Å². The maximum atomic E-state index is 13.4. The number of carbonyl (C=O) groups is 1. The molecule has 1 amide bonds. The average molecular weight is 435 g/mol. The number of anilines is 1. The molecule has 2 saturated heterocycles. The predicted octanol–water partition coefficient (Wildman–Crippen LogP) is 3.86. The number of piperidine rings is 1. The molecule has 2 atom stereocenters. The summed E-state index contributed by atoms with van der Waals surface area (Å²) in [5.74, 6) is 1.60. The number of halogens is 3. The third kappa shape index (κ3) is 4.00. The van der Waals surface area contributed by atoms with Crippen LogP contribution in [-0.2, 0) is 6.18 Å². The second-order valence-electron chi connectivity index (χ2n) is 7.79. The summed E-state index contributed by atoms with van der Waals surface area (Å²) in [5, 5.41) is 0. The molecule has 2 aliphatic heterocycles. The smallest absolute Gasteiger partial charge is 0.417 e. The fourth-order valence-corrected chi connectivity index (χ4v) is 4.55. The van der Waals surface area contributed by atoms with E-state index in [1.807, 2.05) is 9.80 Å². The van der Waals surface area contributed by atoms with E-state index < -0.39 is 11.7 Å². The third-order valence-corrected chi connectivity index (χ3v) is 6.16. The van der Waals surface area contributed by atoms with Gasteiger partial charge in [-0.05, 0) is 43.0 Å². The normalized spacial score (nSPS) is 21.1. The maximum absolute atomic E-state index is 13.4. The Labute approximate surface area is 178 Å². The number of pyridine rings is 1. The molecule has 3 heterocycles. The molecule has 0 aliphatic carbocycles. The van der Waals surface area contributed by atoms with Crippen molar-refractivity contribution < 1.29 is 27.4 Å². The van der Waals surface area contributed by atoms with Crippen molar-refractivity contribution in [2.45, 2.75) is 25.1 Å². The van der Waals surface area contributed by atoms with Crippen LogP contribution in [-0.4, -0.2) is 55.7 Å². The minimum Gasteiger partial charge on any atom is -0.493 e. The second-order valence-corrected chi connectivity index (χ2v) is 7.79. The van der Waals surface area contributed by atoms with Gasteiger partial charge in [-0.15, -0.1) is 0 Å². The zero-order valence-electron chi connectivity index (χ0n) is 17.4. The Hall–Kier alpha value is -2.97. The highest BCUT2D eigenvalue weighted by atomic mass is 19.4. The molecule has 2 aromatic rings. The van der Waals surface area contributed by atoms with Gasteiger partial charge < -0.3 is 19.3 Å². The number of methoxy groups -OCH3 is 2. The first kappa shape index (κ1) is 21.3. The molecule has 1 aromatic carbocycles. The molecule has 1 aromatic heterocycles. The van der Waals surface area contributed by atoms with Crippen LogP contribution in [0.3, 0.4) is 0 Å². The number of aromatic nitrogens is 1. The van der Waals surface area contributed by atoms with Gasteiger partial charge in [-0.3, -0.25) is 4.79 Å². The van der Waals surface area contributed by atoms with Gasteiger partial charge in [0.05, 0.1) is 31.4 Å². The Bertz CT molecular complexity index is 949. The molecular weight excluding hydrogens is 411 g/mol. The van der Waals surface area contributed by atoms with Crippen LogP contribution in [0.15, 0.2) is 36.5 Å². The molecule has 9 heteroatoms. The first-order valence-electron chi connectivity index (χ1n) is 10.1. The van der Waals surface area contributed by atoms with E-state index in [4.69, 9.17) is 9.47 Å². The monoisotopic (exact) mass is 435 g/mol. The summed E-state index contributed by atoms with van der Waals surface area (Å²) < 4.78 is 49.3. The lowest BCUT2D eigenvalue weighted by atomic mass is 9.92. The molecule has 0 bridgehead atoms. The van der Waals surface area contributed by atoms with Crippen molar-refractivity contribution in [1.29, 1.82) is 0 Å². The van der Waals surface area contributed by atoms with E-state index >= 15 is 0 Å². The number of likely N-dealkylation sites (tertiary alicyclic amines) is 1. The number of amides is 1. The zero-order valence-corrected chi connectivity index (χ0v) is 17.4. The molecule has 2 aliphatic rings. The van der Waals surface area contributed by atoms with Crippen LogP contribution in [0.4, 0.5) is 19.0 Å². The van der Waals surface area contributed by atoms with Crippen molar-refractivity contribution in [3.05, 3.63) is 47.7 Å². The highest BCUT2D eigenvalue weighted by Crippen LogP contribution is 2.37. The van der Waals surface area contributed by atoms with Crippen molar-refractivity contribution in [1.82, 2.24) is 9.88 Å². The Balaban J connectivity index is 1.55. The van der Waals surface area contributed by atoms with Crippen LogP contribution in [0, 0.1) is 5.92 Å². The molecule has 0 spiro atoms. The molecule has 0 saturated carbocycles. The molecule has 6 nitrogen and oxygen atoms in total. The molecule has 2 unspecified atom stereocenters. The average Bonchev–Trinajstić information content (AvgIpc) is 3.20. The lowest BCUT2D eigenvalue weighted by molar-refractivity contribution is -0.137. The summed E-state index contributed by atoms with van der Waals surface area (Å²) in [4.78, 5) is 21.2. The molecule has 166 valence electrons. The number of carbonyl (C=O) groups excluding carboxylic acids is 1. The van der Waals surface area contributed by atoms with E-state index in [-0.39, 0.29) is 11.9 Å². The fraction of sp³-hybridized carbons (Fsp3) is 0.455. The minimum atomic E-state index is -4.41. The molecule has 31 heavy (non-hydrogen) atoms. The first-order valence-corrected chi connectivity index (χ1v) is 10.1. The Morgan fingerprint density at radius 3 is 2.52 bits per heavy atom. The fourth-order valence-electron chi connectivity index (χ4n) is 4.55. The number of ether oxygens (including phenoxy) is 2. The van der Waals surface area contributed by atoms with Crippen LogP contribution >= 0.6 is 0 Å². The van der Waals surface area contributed by atoms with Crippen molar-refractivity contribution in [2.24, 2.45) is 5.92 Å². The number of nitrogens with zero attached hydrogens (tertiary/aromatic N) is 3. The molecular formula is C22H24F3N3O3.